The molecule has 3 aromatic rings. The van der Waals surface area contributed by atoms with Gasteiger partial charge in [-0.05, 0) is 35.8 Å². The van der Waals surface area contributed by atoms with Crippen LogP contribution in [-0.2, 0) is 0 Å². The lowest BCUT2D eigenvalue weighted by Crippen LogP contribution is -2.00. The Bertz CT molecular complexity index is 797. The SMILES string of the molecule is O=C(O)c1cc(/C=C/c2csnn2)nc2ccccc12. The highest BCUT2D eigenvalue weighted by Gasteiger charge is 2.10. The van der Waals surface area contributed by atoms with Crippen molar-refractivity contribution >= 4 is 40.6 Å². The first-order chi connectivity index (χ1) is 9.74. The van der Waals surface area contributed by atoms with Crippen LogP contribution in [0.4, 0.5) is 0 Å². The molecule has 20 heavy (non-hydrogen) atoms. The molecule has 6 heteroatoms. The summed E-state index contributed by atoms with van der Waals surface area (Å²) in [7, 11) is 0. The highest BCUT2D eigenvalue weighted by molar-refractivity contribution is 7.03. The summed E-state index contributed by atoms with van der Waals surface area (Å²) >= 11 is 1.26. The summed E-state index contributed by atoms with van der Waals surface area (Å²) < 4.78 is 3.76. The number of carboxylic acid groups (broad SMARTS) is 1. The molecule has 98 valence electrons. The number of aromatic carboxylic acids is 1. The Kier molecular flexibility index (Phi) is 3.22. The van der Waals surface area contributed by atoms with E-state index < -0.39 is 5.97 Å². The third-order valence-corrected chi connectivity index (χ3v) is 3.29. The van der Waals surface area contributed by atoms with Gasteiger partial charge in [-0.1, -0.05) is 22.7 Å². The van der Waals surface area contributed by atoms with Crippen LogP contribution < -0.4 is 0 Å². The number of pyridine rings is 1. The molecule has 5 nitrogen and oxygen atoms in total. The van der Waals surface area contributed by atoms with Crippen molar-refractivity contribution in [1.29, 1.82) is 0 Å². The summed E-state index contributed by atoms with van der Waals surface area (Å²) in [6.07, 6.45) is 3.49. The number of hydrogen-bond donors (Lipinski definition) is 1. The van der Waals surface area contributed by atoms with Crippen molar-refractivity contribution in [2.24, 2.45) is 0 Å². The van der Waals surface area contributed by atoms with Crippen molar-refractivity contribution in [2.75, 3.05) is 0 Å². The van der Waals surface area contributed by atoms with Gasteiger partial charge in [-0.2, -0.15) is 0 Å². The van der Waals surface area contributed by atoms with Gasteiger partial charge in [0.05, 0.1) is 22.5 Å². The van der Waals surface area contributed by atoms with Crippen LogP contribution in [0, 0.1) is 0 Å². The standard InChI is InChI=1S/C14H9N3O2S/c18-14(19)12-7-9(5-6-10-8-20-17-16-10)15-13-4-2-1-3-11(12)13/h1-8H,(H,18,19)/b6-5+. The highest BCUT2D eigenvalue weighted by atomic mass is 32.1. The molecule has 0 aliphatic rings. The first-order valence-electron chi connectivity index (χ1n) is 5.82. The smallest absolute Gasteiger partial charge is 0.336 e. The van der Waals surface area contributed by atoms with E-state index in [0.29, 0.717) is 16.6 Å². The Morgan fingerprint density at radius 1 is 1.20 bits per heavy atom. The number of rotatable bonds is 3. The second-order valence-corrected chi connectivity index (χ2v) is 4.69. The molecule has 0 fully saturated rings. The molecule has 0 saturated carbocycles. The Morgan fingerprint density at radius 2 is 2.00 bits per heavy atom. The third-order valence-electron chi connectivity index (χ3n) is 2.77. The number of aromatic nitrogens is 3. The van der Waals surface area contributed by atoms with Gasteiger partial charge in [0.1, 0.15) is 0 Å². The molecule has 0 amide bonds. The van der Waals surface area contributed by atoms with Crippen molar-refractivity contribution in [3.05, 3.63) is 52.7 Å². The molecule has 0 spiro atoms. The van der Waals surface area contributed by atoms with Crippen LogP contribution in [0.5, 0.6) is 0 Å². The third kappa shape index (κ3) is 2.41. The fourth-order valence-corrected chi connectivity index (χ4v) is 2.30. The highest BCUT2D eigenvalue weighted by Crippen LogP contribution is 2.19. The zero-order chi connectivity index (χ0) is 13.9. The van der Waals surface area contributed by atoms with Gasteiger partial charge in [-0.25, -0.2) is 9.78 Å². The lowest BCUT2D eigenvalue weighted by molar-refractivity contribution is 0.0699. The largest absolute Gasteiger partial charge is 0.478 e. The summed E-state index contributed by atoms with van der Waals surface area (Å²) in [6, 6.07) is 8.74. The van der Waals surface area contributed by atoms with Gasteiger partial charge < -0.3 is 5.11 Å². The van der Waals surface area contributed by atoms with E-state index in [4.69, 9.17) is 0 Å². The molecule has 0 aliphatic carbocycles. The normalized spacial score (nSPS) is 11.2. The molecule has 3 rings (SSSR count). The molecule has 0 atom stereocenters. The van der Waals surface area contributed by atoms with Gasteiger partial charge in [0.25, 0.3) is 0 Å². The average molecular weight is 283 g/mol. The first kappa shape index (κ1) is 12.4. The van der Waals surface area contributed by atoms with Crippen molar-refractivity contribution in [1.82, 2.24) is 14.6 Å². The number of fused-ring (bicyclic) bond motifs is 1. The van der Waals surface area contributed by atoms with Crippen molar-refractivity contribution in [2.45, 2.75) is 0 Å². The van der Waals surface area contributed by atoms with Gasteiger partial charge in [-0.3, -0.25) is 0 Å². The second kappa shape index (κ2) is 5.18. The number of carbonyl (C=O) groups is 1. The van der Waals surface area contributed by atoms with Gasteiger partial charge in [0.15, 0.2) is 0 Å². The number of nitrogens with zero attached hydrogens (tertiary/aromatic N) is 3. The van der Waals surface area contributed by atoms with Crippen LogP contribution in [0.25, 0.3) is 23.1 Å². The summed E-state index contributed by atoms with van der Waals surface area (Å²) in [5.41, 5.74) is 2.20. The lowest BCUT2D eigenvalue weighted by Gasteiger charge is -2.03. The predicted molar refractivity (Wildman–Crippen MR) is 77.5 cm³/mol. The van der Waals surface area contributed by atoms with Gasteiger partial charge in [0.2, 0.25) is 0 Å². The number of benzene rings is 1. The van der Waals surface area contributed by atoms with Gasteiger partial charge in [0, 0.05) is 10.8 Å². The molecule has 2 aromatic heterocycles. The molecule has 0 saturated heterocycles. The zero-order valence-corrected chi connectivity index (χ0v) is 11.0. The molecular weight excluding hydrogens is 274 g/mol. The summed E-state index contributed by atoms with van der Waals surface area (Å²) in [4.78, 5) is 15.8. The van der Waals surface area contributed by atoms with E-state index in [2.05, 4.69) is 14.6 Å². The average Bonchev–Trinajstić information content (AvgIpc) is 2.97. The minimum absolute atomic E-state index is 0.242. The lowest BCUT2D eigenvalue weighted by atomic mass is 10.1. The molecule has 1 aromatic carbocycles. The van der Waals surface area contributed by atoms with E-state index in [9.17, 15) is 9.90 Å². The molecule has 2 heterocycles. The Balaban J connectivity index is 2.10. The molecular formula is C14H9N3O2S. The van der Waals surface area contributed by atoms with Crippen LogP contribution in [0.1, 0.15) is 21.7 Å². The maximum absolute atomic E-state index is 11.3. The van der Waals surface area contributed by atoms with Crippen LogP contribution in [0.2, 0.25) is 0 Å². The van der Waals surface area contributed by atoms with Crippen LogP contribution in [0.15, 0.2) is 35.7 Å². The van der Waals surface area contributed by atoms with Crippen LogP contribution in [-0.4, -0.2) is 25.6 Å². The topological polar surface area (TPSA) is 76.0 Å². The Labute approximate surface area is 118 Å². The van der Waals surface area contributed by atoms with Crippen molar-refractivity contribution in [3.8, 4) is 0 Å². The van der Waals surface area contributed by atoms with Gasteiger partial charge >= 0.3 is 5.97 Å². The first-order valence-corrected chi connectivity index (χ1v) is 6.66. The van der Waals surface area contributed by atoms with Crippen molar-refractivity contribution in [3.63, 3.8) is 0 Å². The Hall–Kier alpha value is -2.60. The van der Waals surface area contributed by atoms with E-state index in [1.165, 1.54) is 11.5 Å². The van der Waals surface area contributed by atoms with Crippen LogP contribution >= 0.6 is 11.5 Å². The molecule has 1 N–H and O–H groups in total. The summed E-state index contributed by atoms with van der Waals surface area (Å²) in [5.74, 6) is -0.964. The second-order valence-electron chi connectivity index (χ2n) is 4.08. The minimum atomic E-state index is -0.964. The monoisotopic (exact) mass is 283 g/mol. The van der Waals surface area contributed by atoms with E-state index in [-0.39, 0.29) is 5.56 Å². The predicted octanol–water partition coefficient (Wildman–Crippen LogP) is 2.95. The van der Waals surface area contributed by atoms with E-state index in [1.54, 1.807) is 41.8 Å². The maximum Gasteiger partial charge on any atom is 0.336 e. The fraction of sp³-hybridized carbons (Fsp3) is 0. The number of para-hydroxylation sites is 1. The Morgan fingerprint density at radius 3 is 2.75 bits per heavy atom. The fourth-order valence-electron chi connectivity index (χ4n) is 1.87. The van der Waals surface area contributed by atoms with Crippen LogP contribution in [0.3, 0.4) is 0 Å². The van der Waals surface area contributed by atoms with E-state index in [1.807, 2.05) is 6.07 Å². The number of carboxylic acids is 1. The van der Waals surface area contributed by atoms with E-state index >= 15 is 0 Å². The van der Waals surface area contributed by atoms with Gasteiger partial charge in [-0.15, -0.1) is 5.10 Å². The zero-order valence-electron chi connectivity index (χ0n) is 10.2. The van der Waals surface area contributed by atoms with Crippen molar-refractivity contribution < 1.29 is 9.90 Å². The summed E-state index contributed by atoms with van der Waals surface area (Å²) in [5, 5.41) is 15.6. The molecule has 0 bridgehead atoms. The minimum Gasteiger partial charge on any atom is -0.478 e. The molecule has 0 radical (unpaired) electrons. The quantitative estimate of drug-likeness (QED) is 0.799. The number of hydrogen-bond acceptors (Lipinski definition) is 5. The van der Waals surface area contributed by atoms with E-state index in [0.717, 1.165) is 5.69 Å². The molecule has 0 unspecified atom stereocenters. The summed E-state index contributed by atoms with van der Waals surface area (Å²) in [6.45, 7) is 0. The molecule has 0 aliphatic heterocycles. The maximum atomic E-state index is 11.3.